The number of halogens is 4. The highest BCUT2D eigenvalue weighted by atomic mass is 35.5. The summed E-state index contributed by atoms with van der Waals surface area (Å²) in [6.45, 7) is -0.246. The largest absolute Gasteiger partial charge is 0.471 e. The van der Waals surface area contributed by atoms with Gasteiger partial charge in [0.2, 0.25) is 5.91 Å². The third-order valence-electron chi connectivity index (χ3n) is 1.94. The van der Waals surface area contributed by atoms with Crippen LogP contribution in [0.5, 0.6) is 0 Å². The first-order valence-corrected chi connectivity index (χ1v) is 5.29. The van der Waals surface area contributed by atoms with Gasteiger partial charge in [-0.1, -0.05) is 11.6 Å². The van der Waals surface area contributed by atoms with Gasteiger partial charge in [-0.25, -0.2) is 0 Å². The van der Waals surface area contributed by atoms with Crippen molar-refractivity contribution >= 4 is 34.8 Å². The first-order valence-electron chi connectivity index (χ1n) is 4.91. The lowest BCUT2D eigenvalue weighted by Gasteiger charge is -2.11. The number of alkyl halides is 3. The van der Waals surface area contributed by atoms with E-state index in [0.717, 1.165) is 6.07 Å². The average Bonchev–Trinajstić information content (AvgIpc) is 2.31. The summed E-state index contributed by atoms with van der Waals surface area (Å²) in [5, 5.41) is 3.83. The molecule has 104 valence electrons. The number of nitrogens with one attached hydrogen (secondary N) is 2. The predicted molar refractivity (Wildman–Crippen MR) is 63.8 cm³/mol. The molecular weight excluding hydrogens is 287 g/mol. The van der Waals surface area contributed by atoms with Gasteiger partial charge >= 0.3 is 12.1 Å². The zero-order chi connectivity index (χ0) is 14.6. The maximum Gasteiger partial charge on any atom is 0.471 e. The Balaban J connectivity index is 2.83. The number of nitrogens with two attached hydrogens (primary N) is 1. The molecule has 0 radical (unpaired) electrons. The lowest BCUT2D eigenvalue weighted by molar-refractivity contribution is -0.167. The number of benzene rings is 1. The van der Waals surface area contributed by atoms with Crippen molar-refractivity contribution < 1.29 is 22.8 Å². The number of rotatable bonds is 3. The molecule has 0 atom stereocenters. The van der Waals surface area contributed by atoms with E-state index in [9.17, 15) is 22.8 Å². The van der Waals surface area contributed by atoms with Gasteiger partial charge in [0.25, 0.3) is 0 Å². The van der Waals surface area contributed by atoms with Crippen LogP contribution in [0.4, 0.5) is 24.5 Å². The van der Waals surface area contributed by atoms with Gasteiger partial charge in [0.1, 0.15) is 0 Å². The summed E-state index contributed by atoms with van der Waals surface area (Å²) in [7, 11) is 0. The number of hydrogen-bond acceptors (Lipinski definition) is 3. The van der Waals surface area contributed by atoms with Crippen LogP contribution in [0, 0.1) is 0 Å². The number of carbonyl (C=O) groups excluding carboxylic acids is 2. The Morgan fingerprint density at radius 3 is 2.37 bits per heavy atom. The molecule has 0 saturated heterocycles. The normalized spacial score (nSPS) is 11.0. The van der Waals surface area contributed by atoms with Gasteiger partial charge in [-0.15, -0.1) is 0 Å². The molecule has 1 rings (SSSR count). The van der Waals surface area contributed by atoms with Crippen molar-refractivity contribution in [3.8, 4) is 0 Å². The van der Waals surface area contributed by atoms with Crippen molar-refractivity contribution in [3.63, 3.8) is 0 Å². The second kappa shape index (κ2) is 5.89. The Hall–Kier alpha value is -1.80. The topological polar surface area (TPSA) is 84.2 Å². The molecule has 0 aliphatic carbocycles. The maximum absolute atomic E-state index is 12.0. The molecule has 5 nitrogen and oxygen atoms in total. The molecule has 9 heteroatoms. The van der Waals surface area contributed by atoms with E-state index in [1.807, 2.05) is 0 Å². The predicted octanol–water partition coefficient (Wildman–Crippen LogP) is 1.74. The fourth-order valence-electron chi connectivity index (χ4n) is 1.10. The lowest BCUT2D eigenvalue weighted by Crippen LogP contribution is -2.30. The molecule has 0 saturated carbocycles. The minimum atomic E-state index is -5.00. The number of hydrogen-bond donors (Lipinski definition) is 3. The summed E-state index contributed by atoms with van der Waals surface area (Å²) in [5.41, 5.74) is 5.12. The van der Waals surface area contributed by atoms with Crippen LogP contribution in [-0.2, 0) is 9.59 Å². The van der Waals surface area contributed by atoms with Crippen molar-refractivity contribution in [2.75, 3.05) is 17.2 Å². The zero-order valence-corrected chi connectivity index (χ0v) is 10.1. The molecule has 0 fully saturated rings. The van der Waals surface area contributed by atoms with Crippen molar-refractivity contribution in [1.82, 2.24) is 0 Å². The minimum Gasteiger partial charge on any atom is -0.325 e. The first-order chi connectivity index (χ1) is 8.74. The zero-order valence-electron chi connectivity index (χ0n) is 9.34. The van der Waals surface area contributed by atoms with E-state index in [2.05, 4.69) is 5.32 Å². The number of carbonyl (C=O) groups is 2. The molecule has 0 aliphatic heterocycles. The Labute approximate surface area is 110 Å². The molecule has 1 aromatic carbocycles. The second-order valence-electron chi connectivity index (χ2n) is 3.40. The number of anilines is 2. The van der Waals surface area contributed by atoms with Crippen LogP contribution in [0.3, 0.4) is 0 Å². The second-order valence-corrected chi connectivity index (χ2v) is 3.81. The highest BCUT2D eigenvalue weighted by Crippen LogP contribution is 2.27. The molecule has 19 heavy (non-hydrogen) atoms. The minimum absolute atomic E-state index is 0.146. The van der Waals surface area contributed by atoms with E-state index in [1.54, 1.807) is 5.32 Å². The molecule has 0 bridgehead atoms. The highest BCUT2D eigenvalue weighted by molar-refractivity contribution is 6.34. The van der Waals surface area contributed by atoms with Crippen LogP contribution in [0.15, 0.2) is 18.2 Å². The van der Waals surface area contributed by atoms with Crippen LogP contribution in [0.1, 0.15) is 0 Å². The average molecular weight is 296 g/mol. The highest BCUT2D eigenvalue weighted by Gasteiger charge is 2.38. The third-order valence-corrected chi connectivity index (χ3v) is 2.26. The van der Waals surface area contributed by atoms with Crippen LogP contribution < -0.4 is 16.4 Å². The Bertz CT molecular complexity index is 505. The van der Waals surface area contributed by atoms with Crippen molar-refractivity contribution in [2.24, 2.45) is 5.73 Å². The molecule has 0 aromatic heterocycles. The van der Waals surface area contributed by atoms with Crippen molar-refractivity contribution in [2.45, 2.75) is 6.18 Å². The molecule has 2 amide bonds. The van der Waals surface area contributed by atoms with Crippen LogP contribution in [0.2, 0.25) is 5.02 Å². The molecule has 0 aliphatic rings. The summed E-state index contributed by atoms with van der Waals surface area (Å²) in [6.07, 6.45) is -5.00. The van der Waals surface area contributed by atoms with Crippen LogP contribution >= 0.6 is 11.6 Å². The van der Waals surface area contributed by atoms with Gasteiger partial charge in [0.05, 0.1) is 17.3 Å². The van der Waals surface area contributed by atoms with Crippen molar-refractivity contribution in [3.05, 3.63) is 23.2 Å². The Kier molecular flexibility index (Phi) is 4.73. The standard InChI is InChI=1S/C10H9ClF3N3O2/c11-6-3-5(16-8(18)4-15)1-2-7(6)17-9(19)10(12,13)14/h1-3H,4,15H2,(H,16,18)(H,17,19). The van der Waals surface area contributed by atoms with E-state index in [-0.39, 0.29) is 22.9 Å². The monoisotopic (exact) mass is 295 g/mol. The maximum atomic E-state index is 12.0. The first kappa shape index (κ1) is 15.3. The quantitative estimate of drug-likeness (QED) is 0.794. The summed E-state index contributed by atoms with van der Waals surface area (Å²) >= 11 is 5.69. The summed E-state index contributed by atoms with van der Waals surface area (Å²) in [5.74, 6) is -2.61. The van der Waals surface area contributed by atoms with Gasteiger partial charge in [-0.05, 0) is 18.2 Å². The lowest BCUT2D eigenvalue weighted by atomic mass is 10.2. The van der Waals surface area contributed by atoms with Gasteiger partial charge in [-0.2, -0.15) is 13.2 Å². The van der Waals surface area contributed by atoms with Gasteiger partial charge in [0.15, 0.2) is 0 Å². The summed E-state index contributed by atoms with van der Waals surface area (Å²) in [4.78, 5) is 21.7. The molecule has 0 heterocycles. The van der Waals surface area contributed by atoms with E-state index >= 15 is 0 Å². The Morgan fingerprint density at radius 1 is 1.26 bits per heavy atom. The van der Waals surface area contributed by atoms with Crippen LogP contribution in [-0.4, -0.2) is 24.5 Å². The van der Waals surface area contributed by atoms with E-state index in [4.69, 9.17) is 17.3 Å². The van der Waals surface area contributed by atoms with Crippen LogP contribution in [0.25, 0.3) is 0 Å². The SMILES string of the molecule is NCC(=O)Nc1ccc(NC(=O)C(F)(F)F)c(Cl)c1. The molecule has 1 aromatic rings. The molecule has 4 N–H and O–H groups in total. The molecular formula is C10H9ClF3N3O2. The van der Waals surface area contributed by atoms with E-state index < -0.39 is 18.0 Å². The van der Waals surface area contributed by atoms with Gasteiger partial charge in [-0.3, -0.25) is 9.59 Å². The molecule has 0 unspecified atom stereocenters. The van der Waals surface area contributed by atoms with Crippen molar-refractivity contribution in [1.29, 1.82) is 0 Å². The third kappa shape index (κ3) is 4.42. The van der Waals surface area contributed by atoms with Gasteiger partial charge < -0.3 is 16.4 Å². The summed E-state index contributed by atoms with van der Waals surface area (Å²) in [6, 6.07) is 3.62. The number of amides is 2. The smallest absolute Gasteiger partial charge is 0.325 e. The molecule has 0 spiro atoms. The van der Waals surface area contributed by atoms with E-state index in [1.165, 1.54) is 12.1 Å². The van der Waals surface area contributed by atoms with Gasteiger partial charge in [0, 0.05) is 5.69 Å². The fourth-order valence-corrected chi connectivity index (χ4v) is 1.33. The Morgan fingerprint density at radius 2 is 1.89 bits per heavy atom. The summed E-state index contributed by atoms with van der Waals surface area (Å²) < 4.78 is 36.1. The fraction of sp³-hybridized carbons (Fsp3) is 0.200. The van der Waals surface area contributed by atoms with E-state index in [0.29, 0.717) is 0 Å².